The Morgan fingerprint density at radius 1 is 1.27 bits per heavy atom. The molecule has 82 valence electrons. The monoisotopic (exact) mass is 223 g/mol. The highest BCUT2D eigenvalue weighted by Crippen LogP contribution is 2.17. The molecule has 1 aliphatic heterocycles. The van der Waals surface area contributed by atoms with Gasteiger partial charge in [-0.05, 0) is 49.4 Å². The van der Waals surface area contributed by atoms with E-state index >= 15 is 0 Å². The summed E-state index contributed by atoms with van der Waals surface area (Å²) >= 11 is 5.86. The Labute approximate surface area is 96.8 Å². The summed E-state index contributed by atoms with van der Waals surface area (Å²) in [5.74, 6) is 0.839. The molecule has 2 heteroatoms. The maximum Gasteiger partial charge on any atom is 0.0406 e. The van der Waals surface area contributed by atoms with Crippen molar-refractivity contribution in [1.29, 1.82) is 0 Å². The topological polar surface area (TPSA) is 12.0 Å². The van der Waals surface area contributed by atoms with E-state index in [9.17, 15) is 0 Å². The minimum absolute atomic E-state index is 0.655. The van der Waals surface area contributed by atoms with Gasteiger partial charge in [-0.25, -0.2) is 0 Å². The van der Waals surface area contributed by atoms with Gasteiger partial charge in [-0.3, -0.25) is 0 Å². The van der Waals surface area contributed by atoms with Crippen LogP contribution in [0.1, 0.15) is 25.3 Å². The largest absolute Gasteiger partial charge is 0.313 e. The first-order valence-electron chi connectivity index (χ1n) is 5.72. The van der Waals surface area contributed by atoms with Crippen LogP contribution in [-0.2, 0) is 6.42 Å². The van der Waals surface area contributed by atoms with E-state index in [2.05, 4.69) is 24.4 Å². The summed E-state index contributed by atoms with van der Waals surface area (Å²) in [6.07, 6.45) is 3.78. The van der Waals surface area contributed by atoms with Gasteiger partial charge in [0.2, 0.25) is 0 Å². The van der Waals surface area contributed by atoms with Crippen molar-refractivity contribution >= 4 is 11.6 Å². The molecular formula is C13H18ClN. The number of hydrogen-bond acceptors (Lipinski definition) is 1. The fourth-order valence-corrected chi connectivity index (χ4v) is 2.26. The van der Waals surface area contributed by atoms with Crippen LogP contribution in [0.5, 0.6) is 0 Å². The number of halogens is 1. The smallest absolute Gasteiger partial charge is 0.0406 e. The molecule has 0 saturated carbocycles. The van der Waals surface area contributed by atoms with Gasteiger partial charge >= 0.3 is 0 Å². The molecule has 1 N–H and O–H groups in total. The van der Waals surface area contributed by atoms with E-state index in [1.807, 2.05) is 12.1 Å². The Hall–Kier alpha value is -0.530. The van der Waals surface area contributed by atoms with Crippen molar-refractivity contribution in [3.05, 3.63) is 34.9 Å². The van der Waals surface area contributed by atoms with Gasteiger partial charge in [-0.2, -0.15) is 0 Å². The van der Waals surface area contributed by atoms with Gasteiger partial charge in [0.1, 0.15) is 0 Å². The molecule has 1 aromatic rings. The van der Waals surface area contributed by atoms with Crippen LogP contribution in [0.3, 0.4) is 0 Å². The van der Waals surface area contributed by atoms with E-state index in [1.54, 1.807) is 0 Å². The molecule has 0 aliphatic carbocycles. The molecule has 1 fully saturated rings. The molecule has 0 aromatic heterocycles. The van der Waals surface area contributed by atoms with Gasteiger partial charge in [0.05, 0.1) is 0 Å². The van der Waals surface area contributed by atoms with Crippen LogP contribution >= 0.6 is 11.6 Å². The molecule has 0 unspecified atom stereocenters. The summed E-state index contributed by atoms with van der Waals surface area (Å²) in [4.78, 5) is 0. The summed E-state index contributed by atoms with van der Waals surface area (Å²) in [6.45, 7) is 3.48. The number of benzene rings is 1. The average Bonchev–Trinajstić information content (AvgIpc) is 2.25. The fourth-order valence-electron chi connectivity index (χ4n) is 2.14. The Balaban J connectivity index is 1.89. The van der Waals surface area contributed by atoms with Crippen LogP contribution < -0.4 is 5.32 Å². The highest BCUT2D eigenvalue weighted by atomic mass is 35.5. The van der Waals surface area contributed by atoms with E-state index < -0.39 is 0 Å². The van der Waals surface area contributed by atoms with E-state index in [-0.39, 0.29) is 0 Å². The molecule has 0 amide bonds. The number of nitrogens with one attached hydrogen (secondary N) is 1. The summed E-state index contributed by atoms with van der Waals surface area (Å²) in [6, 6.07) is 8.86. The lowest BCUT2D eigenvalue weighted by Crippen LogP contribution is -2.39. The van der Waals surface area contributed by atoms with Crippen LogP contribution in [0.15, 0.2) is 24.3 Å². The molecule has 15 heavy (non-hydrogen) atoms. The van der Waals surface area contributed by atoms with Crippen LogP contribution in [0.25, 0.3) is 0 Å². The van der Waals surface area contributed by atoms with Crippen molar-refractivity contribution in [2.24, 2.45) is 5.92 Å². The Kier molecular flexibility index (Phi) is 3.66. The van der Waals surface area contributed by atoms with Gasteiger partial charge in [-0.15, -0.1) is 0 Å². The number of piperidine rings is 1. The first kappa shape index (κ1) is 11.0. The molecule has 1 nitrogen and oxygen atoms in total. The Morgan fingerprint density at radius 3 is 2.60 bits per heavy atom. The molecule has 1 heterocycles. The van der Waals surface area contributed by atoms with Crippen LogP contribution in [0.4, 0.5) is 0 Å². The van der Waals surface area contributed by atoms with E-state index in [0.29, 0.717) is 6.04 Å². The average molecular weight is 224 g/mol. The first-order valence-corrected chi connectivity index (χ1v) is 6.09. The number of rotatable bonds is 2. The van der Waals surface area contributed by atoms with Crippen molar-refractivity contribution in [1.82, 2.24) is 5.32 Å². The second-order valence-corrected chi connectivity index (χ2v) is 5.05. The van der Waals surface area contributed by atoms with Crippen molar-refractivity contribution in [2.75, 3.05) is 6.54 Å². The van der Waals surface area contributed by atoms with E-state index in [0.717, 1.165) is 23.9 Å². The van der Waals surface area contributed by atoms with Gasteiger partial charge in [0, 0.05) is 11.1 Å². The molecular weight excluding hydrogens is 206 g/mol. The standard InChI is InChI=1S/C13H18ClN/c1-10-2-7-13(15-9-10)8-11-3-5-12(14)6-4-11/h3-6,10,13,15H,2,7-9H2,1H3/t10-,13-/m1/s1. The minimum Gasteiger partial charge on any atom is -0.313 e. The van der Waals surface area contributed by atoms with Gasteiger partial charge in [0.25, 0.3) is 0 Å². The molecule has 0 spiro atoms. The van der Waals surface area contributed by atoms with Crippen LogP contribution in [0, 0.1) is 5.92 Å². The fraction of sp³-hybridized carbons (Fsp3) is 0.538. The van der Waals surface area contributed by atoms with Gasteiger partial charge < -0.3 is 5.32 Å². The normalized spacial score (nSPS) is 26.5. The molecule has 2 atom stereocenters. The van der Waals surface area contributed by atoms with Crippen LogP contribution in [-0.4, -0.2) is 12.6 Å². The molecule has 1 saturated heterocycles. The summed E-state index contributed by atoms with van der Waals surface area (Å²) < 4.78 is 0. The predicted octanol–water partition coefficient (Wildman–Crippen LogP) is 3.27. The Bertz CT molecular complexity index is 299. The maximum absolute atomic E-state index is 5.86. The molecule has 1 aromatic carbocycles. The lowest BCUT2D eigenvalue weighted by Gasteiger charge is -2.27. The molecule has 0 bridgehead atoms. The zero-order chi connectivity index (χ0) is 10.7. The summed E-state index contributed by atoms with van der Waals surface area (Å²) in [5.41, 5.74) is 1.38. The molecule has 2 rings (SSSR count). The lowest BCUT2D eigenvalue weighted by molar-refractivity contribution is 0.326. The maximum atomic E-state index is 5.86. The Morgan fingerprint density at radius 2 is 2.00 bits per heavy atom. The zero-order valence-corrected chi connectivity index (χ0v) is 9.93. The van der Waals surface area contributed by atoms with Crippen molar-refractivity contribution in [3.8, 4) is 0 Å². The third kappa shape index (κ3) is 3.22. The summed E-state index contributed by atoms with van der Waals surface area (Å²) in [7, 11) is 0. The first-order chi connectivity index (χ1) is 7.24. The molecule has 0 radical (unpaired) electrons. The van der Waals surface area contributed by atoms with Gasteiger partial charge in [-0.1, -0.05) is 30.7 Å². The van der Waals surface area contributed by atoms with Crippen molar-refractivity contribution in [3.63, 3.8) is 0 Å². The summed E-state index contributed by atoms with van der Waals surface area (Å²) in [5, 5.41) is 4.42. The van der Waals surface area contributed by atoms with Crippen molar-refractivity contribution < 1.29 is 0 Å². The predicted molar refractivity (Wildman–Crippen MR) is 65.3 cm³/mol. The van der Waals surface area contributed by atoms with E-state index in [1.165, 1.54) is 18.4 Å². The zero-order valence-electron chi connectivity index (χ0n) is 9.17. The minimum atomic E-state index is 0.655. The second kappa shape index (κ2) is 5.00. The quantitative estimate of drug-likeness (QED) is 0.812. The van der Waals surface area contributed by atoms with Crippen molar-refractivity contribution in [2.45, 2.75) is 32.2 Å². The lowest BCUT2D eigenvalue weighted by atomic mass is 9.92. The SMILES string of the molecule is C[C@@H]1CC[C@H](Cc2ccc(Cl)cc2)NC1. The third-order valence-electron chi connectivity index (χ3n) is 3.16. The highest BCUT2D eigenvalue weighted by Gasteiger charge is 2.17. The number of hydrogen-bond donors (Lipinski definition) is 1. The highest BCUT2D eigenvalue weighted by molar-refractivity contribution is 6.30. The second-order valence-electron chi connectivity index (χ2n) is 4.62. The molecule has 1 aliphatic rings. The third-order valence-corrected chi connectivity index (χ3v) is 3.41. The van der Waals surface area contributed by atoms with E-state index in [4.69, 9.17) is 11.6 Å². The van der Waals surface area contributed by atoms with Crippen LogP contribution in [0.2, 0.25) is 5.02 Å². The van der Waals surface area contributed by atoms with Gasteiger partial charge in [0.15, 0.2) is 0 Å².